The average Bonchev–Trinajstić information content (AvgIpc) is 3.26. The lowest BCUT2D eigenvalue weighted by atomic mass is 9.43. The van der Waals surface area contributed by atoms with E-state index in [0.29, 0.717) is 23.2 Å². The van der Waals surface area contributed by atoms with Gasteiger partial charge in [0.1, 0.15) is 0 Å². The lowest BCUT2D eigenvalue weighted by Gasteiger charge is -2.62. The van der Waals surface area contributed by atoms with Crippen molar-refractivity contribution in [2.45, 2.75) is 117 Å². The molecule has 11 atom stereocenters. The largest absolute Gasteiger partial charge is 0.393 e. The van der Waals surface area contributed by atoms with Gasteiger partial charge in [-0.25, -0.2) is 0 Å². The number of rotatable bonds is 4. The second kappa shape index (κ2) is 7.06. The Bertz CT molecular complexity index is 757. The molecule has 3 N–H and O–H groups in total. The second-order valence-corrected chi connectivity index (χ2v) is 13.3. The molecule has 0 heterocycles. The number of hydrogen-bond acceptors (Lipinski definition) is 3. The predicted octanol–water partition coefficient (Wildman–Crippen LogP) is 5.47. The molecule has 3 heteroatoms. The molecule has 5 rings (SSSR count). The second-order valence-electron chi connectivity index (χ2n) is 13.3. The Kier molecular flexibility index (Phi) is 5.10. The Morgan fingerprint density at radius 1 is 0.935 bits per heavy atom. The van der Waals surface area contributed by atoms with Gasteiger partial charge in [0, 0.05) is 5.92 Å². The third kappa shape index (κ3) is 2.75. The standard InChI is InChI=1S/C28H46O3/c1-17(2)7-6-8-18(3)19-9-11-26(5)22-15-21(30)23-24(31)20(29)10-12-28(23)16-27(22,28)14-13-25(19,26)4/h7,18-24,29-31H,6,8-16H2,1-5H3/t18-,19-,20+,21+,22+,23+,24-,25-,26+,27+,28-/m1/s1. The summed E-state index contributed by atoms with van der Waals surface area (Å²) in [5, 5.41) is 32.5. The number of allylic oxidation sites excluding steroid dienone is 2. The lowest BCUT2D eigenvalue weighted by molar-refractivity contribution is -0.194. The van der Waals surface area contributed by atoms with Gasteiger partial charge in [-0.1, -0.05) is 32.4 Å². The van der Waals surface area contributed by atoms with Gasteiger partial charge in [0.15, 0.2) is 0 Å². The van der Waals surface area contributed by atoms with Crippen molar-refractivity contribution in [2.24, 2.45) is 45.3 Å². The van der Waals surface area contributed by atoms with Crippen LogP contribution >= 0.6 is 0 Å². The number of aliphatic hydroxyl groups excluding tert-OH is 3. The first-order chi connectivity index (χ1) is 14.5. The molecule has 5 saturated carbocycles. The van der Waals surface area contributed by atoms with Crippen LogP contribution in [0.1, 0.15) is 98.8 Å². The molecule has 0 saturated heterocycles. The van der Waals surface area contributed by atoms with E-state index in [9.17, 15) is 15.3 Å². The van der Waals surface area contributed by atoms with Gasteiger partial charge in [0.05, 0.1) is 18.3 Å². The fourth-order valence-electron chi connectivity index (χ4n) is 10.4. The molecule has 5 aliphatic rings. The minimum atomic E-state index is -0.739. The van der Waals surface area contributed by atoms with Crippen molar-refractivity contribution < 1.29 is 15.3 Å². The molecule has 5 fully saturated rings. The fraction of sp³-hybridized carbons (Fsp3) is 0.929. The molecule has 5 aliphatic carbocycles. The van der Waals surface area contributed by atoms with E-state index in [0.717, 1.165) is 24.7 Å². The van der Waals surface area contributed by atoms with Gasteiger partial charge < -0.3 is 15.3 Å². The highest BCUT2D eigenvalue weighted by molar-refractivity contribution is 5.31. The van der Waals surface area contributed by atoms with E-state index >= 15 is 0 Å². The van der Waals surface area contributed by atoms with E-state index in [2.05, 4.69) is 40.7 Å². The van der Waals surface area contributed by atoms with Gasteiger partial charge in [0.2, 0.25) is 0 Å². The smallest absolute Gasteiger partial charge is 0.0857 e. The van der Waals surface area contributed by atoms with Crippen LogP contribution in [0, 0.1) is 45.3 Å². The van der Waals surface area contributed by atoms with Crippen molar-refractivity contribution in [1.29, 1.82) is 0 Å². The Labute approximate surface area is 189 Å². The molecule has 31 heavy (non-hydrogen) atoms. The van der Waals surface area contributed by atoms with E-state index in [4.69, 9.17) is 0 Å². The third-order valence-electron chi connectivity index (χ3n) is 12.2. The molecule has 0 unspecified atom stereocenters. The van der Waals surface area contributed by atoms with E-state index in [1.54, 1.807) is 0 Å². The zero-order valence-electron chi connectivity index (χ0n) is 20.5. The first kappa shape index (κ1) is 22.4. The Balaban J connectivity index is 1.42. The Hall–Kier alpha value is -0.380. The molecule has 0 radical (unpaired) electrons. The number of aliphatic hydroxyl groups is 3. The summed E-state index contributed by atoms with van der Waals surface area (Å²) in [6, 6.07) is 0. The molecule has 0 amide bonds. The summed E-state index contributed by atoms with van der Waals surface area (Å²) in [7, 11) is 0. The minimum Gasteiger partial charge on any atom is -0.393 e. The molecular formula is C28H46O3. The van der Waals surface area contributed by atoms with Gasteiger partial charge in [0.25, 0.3) is 0 Å². The summed E-state index contributed by atoms with van der Waals surface area (Å²) in [5.74, 6) is 1.99. The van der Waals surface area contributed by atoms with E-state index in [1.165, 1.54) is 50.5 Å². The highest BCUT2D eigenvalue weighted by Gasteiger charge is 2.82. The lowest BCUT2D eigenvalue weighted by Crippen LogP contribution is -2.60. The van der Waals surface area contributed by atoms with Crippen LogP contribution < -0.4 is 0 Å². The summed E-state index contributed by atoms with van der Waals surface area (Å²) < 4.78 is 0. The zero-order chi connectivity index (χ0) is 22.4. The van der Waals surface area contributed by atoms with Crippen LogP contribution in [0.2, 0.25) is 0 Å². The quantitative estimate of drug-likeness (QED) is 0.518. The van der Waals surface area contributed by atoms with Crippen molar-refractivity contribution in [2.75, 3.05) is 0 Å². The molecule has 0 aliphatic heterocycles. The molecular weight excluding hydrogens is 384 g/mol. The van der Waals surface area contributed by atoms with Crippen molar-refractivity contribution >= 4 is 0 Å². The monoisotopic (exact) mass is 430 g/mol. The van der Waals surface area contributed by atoms with Crippen molar-refractivity contribution in [1.82, 2.24) is 0 Å². The maximum absolute atomic E-state index is 11.3. The maximum atomic E-state index is 11.3. The summed E-state index contributed by atoms with van der Waals surface area (Å²) in [6.07, 6.45) is 12.0. The summed E-state index contributed by atoms with van der Waals surface area (Å²) in [5.41, 5.74) is 2.48. The topological polar surface area (TPSA) is 60.7 Å². The van der Waals surface area contributed by atoms with Crippen molar-refractivity contribution in [3.05, 3.63) is 11.6 Å². The average molecular weight is 431 g/mol. The number of hydrogen-bond donors (Lipinski definition) is 3. The summed E-state index contributed by atoms with van der Waals surface area (Å²) in [4.78, 5) is 0. The van der Waals surface area contributed by atoms with Crippen LogP contribution in [-0.4, -0.2) is 33.6 Å². The summed E-state index contributed by atoms with van der Waals surface area (Å²) >= 11 is 0. The summed E-state index contributed by atoms with van der Waals surface area (Å²) in [6.45, 7) is 12.1. The first-order valence-corrected chi connectivity index (χ1v) is 13.2. The molecule has 0 aromatic carbocycles. The van der Waals surface area contributed by atoms with Gasteiger partial charge in [-0.3, -0.25) is 0 Å². The van der Waals surface area contributed by atoms with E-state index in [-0.39, 0.29) is 16.7 Å². The van der Waals surface area contributed by atoms with Crippen LogP contribution in [0.15, 0.2) is 11.6 Å². The van der Waals surface area contributed by atoms with Crippen LogP contribution in [0.3, 0.4) is 0 Å². The van der Waals surface area contributed by atoms with Crippen LogP contribution in [-0.2, 0) is 0 Å². The normalized spacial score (nSPS) is 56.0. The van der Waals surface area contributed by atoms with Crippen molar-refractivity contribution in [3.8, 4) is 0 Å². The number of fused-ring (bicyclic) bond motifs is 2. The van der Waals surface area contributed by atoms with Gasteiger partial charge in [-0.15, -0.1) is 0 Å². The van der Waals surface area contributed by atoms with E-state index in [1.807, 2.05) is 0 Å². The van der Waals surface area contributed by atoms with Gasteiger partial charge >= 0.3 is 0 Å². The third-order valence-corrected chi connectivity index (χ3v) is 12.2. The van der Waals surface area contributed by atoms with Gasteiger partial charge in [-0.05, 0) is 117 Å². The predicted molar refractivity (Wildman–Crippen MR) is 124 cm³/mol. The van der Waals surface area contributed by atoms with E-state index < -0.39 is 18.3 Å². The zero-order valence-corrected chi connectivity index (χ0v) is 20.5. The van der Waals surface area contributed by atoms with Crippen LogP contribution in [0.25, 0.3) is 0 Å². The molecule has 2 spiro atoms. The highest BCUT2D eigenvalue weighted by Crippen LogP contribution is 2.87. The molecule has 0 aromatic rings. The Morgan fingerprint density at radius 2 is 1.68 bits per heavy atom. The van der Waals surface area contributed by atoms with Crippen LogP contribution in [0.5, 0.6) is 0 Å². The molecule has 176 valence electrons. The van der Waals surface area contributed by atoms with Gasteiger partial charge in [-0.2, -0.15) is 0 Å². The first-order valence-electron chi connectivity index (χ1n) is 13.2. The fourth-order valence-corrected chi connectivity index (χ4v) is 10.4. The Morgan fingerprint density at radius 3 is 2.39 bits per heavy atom. The molecule has 0 aromatic heterocycles. The van der Waals surface area contributed by atoms with Crippen LogP contribution in [0.4, 0.5) is 0 Å². The molecule has 3 nitrogen and oxygen atoms in total. The minimum absolute atomic E-state index is 0.0888. The molecule has 0 bridgehead atoms. The maximum Gasteiger partial charge on any atom is 0.0857 e. The SMILES string of the molecule is CC(C)=CCC[C@@H](C)[C@H]1CC[C@@]2(C)[C@@H]3C[C@H](O)[C@H]4[C@H](O)[C@@H](O)CC[C@@]45C[C@@]35CC[C@]12C. The van der Waals surface area contributed by atoms with Crippen molar-refractivity contribution in [3.63, 3.8) is 0 Å². The highest BCUT2D eigenvalue weighted by atomic mass is 16.3.